The number of hydrogen-bond donors (Lipinski definition) is 0. The van der Waals surface area contributed by atoms with Crippen molar-refractivity contribution in [3.05, 3.63) is 35.6 Å². The summed E-state index contributed by atoms with van der Waals surface area (Å²) in [7, 11) is 0. The predicted molar refractivity (Wildman–Crippen MR) is 102 cm³/mol. The van der Waals surface area contributed by atoms with E-state index in [1.54, 1.807) is 6.07 Å². The molecule has 1 atom stereocenters. The number of aromatic nitrogens is 1. The Labute approximate surface area is 154 Å². The number of rotatable bonds is 3. The Kier molecular flexibility index (Phi) is 4.33. The third-order valence-electron chi connectivity index (χ3n) is 5.96. The molecule has 0 saturated carbocycles. The Morgan fingerprint density at radius 1 is 1.23 bits per heavy atom. The van der Waals surface area contributed by atoms with Gasteiger partial charge in [0.2, 0.25) is 5.91 Å². The predicted octanol–water partition coefficient (Wildman–Crippen LogP) is 3.91. The first-order valence-electron chi connectivity index (χ1n) is 9.64. The largest absolute Gasteiger partial charge is 0.355 e. The molecular formula is C21H26FN3O. The summed E-state index contributed by atoms with van der Waals surface area (Å²) in [5, 5.41) is 0.979. The lowest BCUT2D eigenvalue weighted by atomic mass is 9.78. The summed E-state index contributed by atoms with van der Waals surface area (Å²) >= 11 is 0. The van der Waals surface area contributed by atoms with E-state index in [0.29, 0.717) is 11.4 Å². The second-order valence-electron chi connectivity index (χ2n) is 7.81. The minimum absolute atomic E-state index is 0.264. The van der Waals surface area contributed by atoms with Gasteiger partial charge in [-0.2, -0.15) is 0 Å². The van der Waals surface area contributed by atoms with Crippen molar-refractivity contribution in [3.63, 3.8) is 0 Å². The quantitative estimate of drug-likeness (QED) is 0.837. The van der Waals surface area contributed by atoms with Crippen LogP contribution in [0.1, 0.15) is 38.2 Å². The maximum Gasteiger partial charge on any atom is 0.230 e. The highest BCUT2D eigenvalue weighted by Crippen LogP contribution is 2.41. The Morgan fingerprint density at radius 3 is 2.88 bits per heavy atom. The number of likely N-dealkylation sites (tertiary alicyclic amines) is 1. The lowest BCUT2D eigenvalue weighted by Gasteiger charge is -2.39. The van der Waals surface area contributed by atoms with E-state index in [2.05, 4.69) is 17.9 Å². The number of carbonyl (C=O) groups is 1. The van der Waals surface area contributed by atoms with Crippen LogP contribution in [0, 0.1) is 18.2 Å². The Bertz CT molecular complexity index is 851. The highest BCUT2D eigenvalue weighted by molar-refractivity contribution is 5.86. The lowest BCUT2D eigenvalue weighted by molar-refractivity contribution is -0.145. The van der Waals surface area contributed by atoms with Crippen molar-refractivity contribution in [2.75, 3.05) is 31.1 Å². The van der Waals surface area contributed by atoms with Crippen molar-refractivity contribution in [1.82, 2.24) is 9.88 Å². The molecule has 0 unspecified atom stereocenters. The summed E-state index contributed by atoms with van der Waals surface area (Å²) in [6.07, 6.45) is 3.93. The molecule has 0 N–H and O–H groups in total. The number of nitrogens with zero attached hydrogens (tertiary/aromatic N) is 3. The minimum atomic E-state index is -0.267. The highest BCUT2D eigenvalue weighted by Gasteiger charge is 2.48. The molecule has 5 heteroatoms. The van der Waals surface area contributed by atoms with Gasteiger partial charge in [0, 0.05) is 37.6 Å². The first kappa shape index (κ1) is 17.3. The van der Waals surface area contributed by atoms with Gasteiger partial charge in [-0.1, -0.05) is 6.92 Å². The molecule has 0 aliphatic carbocycles. The molecule has 0 radical (unpaired) electrons. The third-order valence-corrected chi connectivity index (χ3v) is 5.96. The normalized spacial score (nSPS) is 23.4. The first-order chi connectivity index (χ1) is 12.5. The van der Waals surface area contributed by atoms with E-state index in [0.717, 1.165) is 68.6 Å². The fraction of sp³-hybridized carbons (Fsp3) is 0.524. The van der Waals surface area contributed by atoms with E-state index in [9.17, 15) is 9.18 Å². The molecule has 4 nitrogen and oxygen atoms in total. The molecule has 4 rings (SSSR count). The molecule has 138 valence electrons. The number of benzene rings is 1. The average Bonchev–Trinajstić information content (AvgIpc) is 3.04. The molecule has 2 fully saturated rings. The molecule has 2 saturated heterocycles. The van der Waals surface area contributed by atoms with Crippen LogP contribution in [-0.4, -0.2) is 42.0 Å². The van der Waals surface area contributed by atoms with Crippen molar-refractivity contribution in [2.45, 2.75) is 39.5 Å². The van der Waals surface area contributed by atoms with Crippen molar-refractivity contribution in [1.29, 1.82) is 0 Å². The number of hydrogen-bond acceptors (Lipinski definition) is 3. The molecule has 26 heavy (non-hydrogen) atoms. The average molecular weight is 355 g/mol. The van der Waals surface area contributed by atoms with Gasteiger partial charge >= 0.3 is 0 Å². The van der Waals surface area contributed by atoms with Crippen LogP contribution in [0.25, 0.3) is 10.9 Å². The molecule has 0 bridgehead atoms. The fourth-order valence-corrected chi connectivity index (χ4v) is 4.60. The SMILES string of the molecule is CCCN1CCC[C@]2(CCN(c3cc(C)c4ccc(F)cc4n3)C2)C1=O. The van der Waals surface area contributed by atoms with Crippen molar-refractivity contribution < 1.29 is 9.18 Å². The Hall–Kier alpha value is -2.17. The molecule has 2 aliphatic rings. The van der Waals surface area contributed by atoms with Gasteiger partial charge in [0.1, 0.15) is 11.6 Å². The third kappa shape index (κ3) is 2.83. The van der Waals surface area contributed by atoms with Crippen LogP contribution >= 0.6 is 0 Å². The van der Waals surface area contributed by atoms with Crippen molar-refractivity contribution >= 4 is 22.6 Å². The van der Waals surface area contributed by atoms with Crippen LogP contribution in [0.4, 0.5) is 10.2 Å². The van der Waals surface area contributed by atoms with Crippen molar-refractivity contribution in [2.24, 2.45) is 5.41 Å². The van der Waals surface area contributed by atoms with Crippen LogP contribution in [0.15, 0.2) is 24.3 Å². The number of aryl methyl sites for hydroxylation is 1. The van der Waals surface area contributed by atoms with E-state index in [-0.39, 0.29) is 11.2 Å². The second kappa shape index (κ2) is 6.53. The summed E-state index contributed by atoms with van der Waals surface area (Å²) in [5.41, 5.74) is 1.51. The zero-order chi connectivity index (χ0) is 18.3. The molecule has 3 heterocycles. The van der Waals surface area contributed by atoms with Gasteiger partial charge in [0.05, 0.1) is 10.9 Å². The number of anilines is 1. The van der Waals surface area contributed by atoms with Crippen LogP contribution < -0.4 is 4.90 Å². The fourth-order valence-electron chi connectivity index (χ4n) is 4.60. The minimum Gasteiger partial charge on any atom is -0.355 e. The standard InChI is InChI=1S/C21H26FN3O/c1-3-9-24-10-4-7-21(20(24)26)8-11-25(14-21)19-12-15(2)17-6-5-16(22)13-18(17)23-19/h5-6,12-13H,3-4,7-11,14H2,1-2H3/t21-/m1/s1. The Balaban J connectivity index is 1.62. The van der Waals surface area contributed by atoms with Gasteiger partial charge in [0.15, 0.2) is 0 Å². The van der Waals surface area contributed by atoms with Gasteiger partial charge in [-0.3, -0.25) is 4.79 Å². The van der Waals surface area contributed by atoms with Gasteiger partial charge in [-0.05, 0) is 56.4 Å². The van der Waals surface area contributed by atoms with E-state index in [1.165, 1.54) is 12.1 Å². The van der Waals surface area contributed by atoms with Crippen LogP contribution in [0.2, 0.25) is 0 Å². The molecule has 1 aromatic carbocycles. The molecular weight excluding hydrogens is 329 g/mol. The van der Waals surface area contributed by atoms with Crippen LogP contribution in [0.3, 0.4) is 0 Å². The summed E-state index contributed by atoms with van der Waals surface area (Å²) in [4.78, 5) is 22.0. The van der Waals surface area contributed by atoms with Crippen LogP contribution in [-0.2, 0) is 4.79 Å². The van der Waals surface area contributed by atoms with E-state index in [1.807, 2.05) is 11.8 Å². The van der Waals surface area contributed by atoms with E-state index >= 15 is 0 Å². The van der Waals surface area contributed by atoms with Gasteiger partial charge < -0.3 is 9.80 Å². The maximum atomic E-state index is 13.6. The first-order valence-corrected chi connectivity index (χ1v) is 9.64. The zero-order valence-electron chi connectivity index (χ0n) is 15.6. The zero-order valence-corrected chi connectivity index (χ0v) is 15.6. The molecule has 1 aromatic heterocycles. The van der Waals surface area contributed by atoms with Gasteiger partial charge in [-0.15, -0.1) is 0 Å². The molecule has 1 spiro atoms. The van der Waals surface area contributed by atoms with Gasteiger partial charge in [0.25, 0.3) is 0 Å². The Morgan fingerprint density at radius 2 is 2.08 bits per heavy atom. The molecule has 1 amide bonds. The molecule has 2 aliphatic heterocycles. The van der Waals surface area contributed by atoms with Crippen LogP contribution in [0.5, 0.6) is 0 Å². The second-order valence-corrected chi connectivity index (χ2v) is 7.81. The van der Waals surface area contributed by atoms with Crippen molar-refractivity contribution in [3.8, 4) is 0 Å². The topological polar surface area (TPSA) is 36.4 Å². The number of pyridine rings is 1. The smallest absolute Gasteiger partial charge is 0.230 e. The molecule has 2 aromatic rings. The number of piperidine rings is 1. The monoisotopic (exact) mass is 355 g/mol. The van der Waals surface area contributed by atoms with E-state index < -0.39 is 0 Å². The maximum absolute atomic E-state index is 13.6. The van der Waals surface area contributed by atoms with E-state index in [4.69, 9.17) is 4.98 Å². The number of fused-ring (bicyclic) bond motifs is 1. The number of amides is 1. The number of carbonyl (C=O) groups excluding carboxylic acids is 1. The highest BCUT2D eigenvalue weighted by atomic mass is 19.1. The summed E-state index contributed by atoms with van der Waals surface area (Å²) in [5.74, 6) is 0.909. The van der Waals surface area contributed by atoms with Gasteiger partial charge in [-0.25, -0.2) is 9.37 Å². The summed E-state index contributed by atoms with van der Waals surface area (Å²) < 4.78 is 13.6. The summed E-state index contributed by atoms with van der Waals surface area (Å²) in [6.45, 7) is 7.45. The lowest BCUT2D eigenvalue weighted by Crippen LogP contribution is -2.50. The summed E-state index contributed by atoms with van der Waals surface area (Å²) in [6, 6.07) is 6.82. The number of halogens is 1.